The Morgan fingerprint density at radius 1 is 1.00 bits per heavy atom. The van der Waals surface area contributed by atoms with Gasteiger partial charge in [0.2, 0.25) is 0 Å². The smallest absolute Gasteiger partial charge is 0.392 e. The molecule has 1 aromatic rings. The summed E-state index contributed by atoms with van der Waals surface area (Å²) >= 11 is 0. The van der Waals surface area contributed by atoms with Crippen LogP contribution in [0.25, 0.3) is 0 Å². The van der Waals surface area contributed by atoms with Crippen molar-refractivity contribution in [2.45, 2.75) is 32.6 Å². The number of carbonyl (C=O) groups excluding carboxylic acids is 1. The highest BCUT2D eigenvalue weighted by Crippen LogP contribution is 2.35. The summed E-state index contributed by atoms with van der Waals surface area (Å²) in [7, 11) is -4.54. The van der Waals surface area contributed by atoms with Gasteiger partial charge in [-0.05, 0) is 31.5 Å². The molecule has 33 heavy (non-hydrogen) atoms. The van der Waals surface area contributed by atoms with Gasteiger partial charge in [0, 0.05) is 57.9 Å². The molecule has 2 rings (SSSR count). The minimum Gasteiger partial charge on any atom is -0.392 e. The Kier molecular flexibility index (Phi) is 11.4. The maximum Gasteiger partial charge on any atom is 0.469 e. The summed E-state index contributed by atoms with van der Waals surface area (Å²) in [6, 6.07) is 7.19. The van der Waals surface area contributed by atoms with E-state index < -0.39 is 20.0 Å². The van der Waals surface area contributed by atoms with Crippen molar-refractivity contribution in [3.05, 3.63) is 35.4 Å². The number of rotatable bonds is 11. The van der Waals surface area contributed by atoms with Crippen LogP contribution in [0.2, 0.25) is 0 Å². The standard InChI is InChI=1S/C21H37N4O7P/c1-17(26)13-23-8-10-24(14-18(2)27)16-25(11-9-23)15-19-3-5-20(6-4-19)21(28)22-7-12-32-33(29,30)31/h3-6,17-18,26-27H,7-16H2,1-2H3,(H,22,28)(H2,29,30,31)/t17-,18-/m0/s1. The van der Waals surface area contributed by atoms with Crippen molar-refractivity contribution in [2.75, 3.05) is 59.1 Å². The highest BCUT2D eigenvalue weighted by Gasteiger charge is 2.20. The maximum absolute atomic E-state index is 12.2. The van der Waals surface area contributed by atoms with Crippen LogP contribution >= 0.6 is 7.82 Å². The fourth-order valence-electron chi connectivity index (χ4n) is 3.76. The van der Waals surface area contributed by atoms with Crippen molar-refractivity contribution >= 4 is 13.7 Å². The highest BCUT2D eigenvalue weighted by atomic mass is 31.2. The number of aliphatic hydroxyl groups is 2. The zero-order valence-electron chi connectivity index (χ0n) is 19.3. The molecule has 1 saturated heterocycles. The predicted octanol–water partition coefficient (Wildman–Crippen LogP) is -0.336. The minimum atomic E-state index is -4.54. The second-order valence-corrected chi connectivity index (χ2v) is 9.79. The van der Waals surface area contributed by atoms with Crippen LogP contribution in [0, 0.1) is 0 Å². The highest BCUT2D eigenvalue weighted by molar-refractivity contribution is 7.46. The van der Waals surface area contributed by atoms with Crippen LogP contribution in [0.5, 0.6) is 0 Å². The van der Waals surface area contributed by atoms with E-state index in [2.05, 4.69) is 24.5 Å². The molecule has 2 atom stereocenters. The average Bonchev–Trinajstić information content (AvgIpc) is 2.70. The molecule has 1 amide bonds. The van der Waals surface area contributed by atoms with Gasteiger partial charge in [0.1, 0.15) is 0 Å². The molecule has 1 aliphatic rings. The summed E-state index contributed by atoms with van der Waals surface area (Å²) in [6.07, 6.45) is -0.827. The molecule has 5 N–H and O–H groups in total. The lowest BCUT2D eigenvalue weighted by Crippen LogP contribution is -2.50. The third-order valence-electron chi connectivity index (χ3n) is 5.18. The summed E-state index contributed by atoms with van der Waals surface area (Å²) in [5.74, 6) is -0.348. The lowest BCUT2D eigenvalue weighted by atomic mass is 10.1. The van der Waals surface area contributed by atoms with Gasteiger partial charge in [-0.25, -0.2) is 4.57 Å². The first kappa shape index (κ1) is 27.8. The number of benzene rings is 1. The van der Waals surface area contributed by atoms with Crippen LogP contribution in [-0.2, 0) is 15.6 Å². The van der Waals surface area contributed by atoms with E-state index in [1.807, 2.05) is 12.1 Å². The summed E-state index contributed by atoms with van der Waals surface area (Å²) < 4.78 is 15.0. The summed E-state index contributed by atoms with van der Waals surface area (Å²) in [6.45, 7) is 9.14. The Morgan fingerprint density at radius 2 is 1.55 bits per heavy atom. The fourth-order valence-corrected chi connectivity index (χ4v) is 4.09. The summed E-state index contributed by atoms with van der Waals surface area (Å²) in [5.41, 5.74) is 1.48. The quantitative estimate of drug-likeness (QED) is 0.207. The van der Waals surface area contributed by atoms with E-state index in [9.17, 15) is 19.6 Å². The molecule has 12 heteroatoms. The van der Waals surface area contributed by atoms with Crippen molar-refractivity contribution in [3.8, 4) is 0 Å². The van der Waals surface area contributed by atoms with E-state index in [-0.39, 0.29) is 19.1 Å². The third-order valence-corrected chi connectivity index (χ3v) is 5.70. The lowest BCUT2D eigenvalue weighted by Gasteiger charge is -2.37. The van der Waals surface area contributed by atoms with Gasteiger partial charge in [-0.2, -0.15) is 0 Å². The monoisotopic (exact) mass is 488 g/mol. The zero-order valence-corrected chi connectivity index (χ0v) is 20.2. The van der Waals surface area contributed by atoms with Gasteiger partial charge in [-0.3, -0.25) is 24.0 Å². The Hall–Kier alpha value is -1.40. The first-order valence-corrected chi connectivity index (χ1v) is 12.7. The molecule has 0 bridgehead atoms. The molecule has 0 spiro atoms. The van der Waals surface area contributed by atoms with Gasteiger partial charge in [0.25, 0.3) is 5.91 Å². The Bertz CT molecular complexity index is 772. The molecule has 11 nitrogen and oxygen atoms in total. The molecule has 0 radical (unpaired) electrons. The Balaban J connectivity index is 1.93. The maximum atomic E-state index is 12.2. The first-order chi connectivity index (χ1) is 15.5. The molecule has 1 aliphatic heterocycles. The molecule has 1 aromatic carbocycles. The van der Waals surface area contributed by atoms with Crippen LogP contribution in [0.1, 0.15) is 29.8 Å². The molecule has 1 fully saturated rings. The van der Waals surface area contributed by atoms with Gasteiger partial charge >= 0.3 is 7.82 Å². The molecular weight excluding hydrogens is 451 g/mol. The van der Waals surface area contributed by atoms with E-state index in [1.54, 1.807) is 26.0 Å². The van der Waals surface area contributed by atoms with E-state index >= 15 is 0 Å². The number of hydrogen-bond acceptors (Lipinski definition) is 8. The number of nitrogens with zero attached hydrogens (tertiary/aromatic N) is 3. The van der Waals surface area contributed by atoms with Gasteiger partial charge < -0.3 is 25.3 Å². The number of phosphoric acid groups is 1. The molecule has 1 heterocycles. The topological polar surface area (TPSA) is 146 Å². The molecule has 0 aromatic heterocycles. The van der Waals surface area contributed by atoms with Crippen LogP contribution in [-0.4, -0.2) is 112 Å². The predicted molar refractivity (Wildman–Crippen MR) is 123 cm³/mol. The Labute approximate surface area is 195 Å². The second kappa shape index (κ2) is 13.5. The molecule has 0 aliphatic carbocycles. The molecule has 188 valence electrons. The van der Waals surface area contributed by atoms with Crippen molar-refractivity contribution in [1.82, 2.24) is 20.0 Å². The van der Waals surface area contributed by atoms with Gasteiger partial charge in [-0.15, -0.1) is 0 Å². The fraction of sp³-hybridized carbons (Fsp3) is 0.667. The van der Waals surface area contributed by atoms with E-state index in [0.717, 1.165) is 38.4 Å². The van der Waals surface area contributed by atoms with Crippen LogP contribution in [0.3, 0.4) is 0 Å². The molecular formula is C21H37N4O7P. The minimum absolute atomic E-state index is 0.0124. The van der Waals surface area contributed by atoms with Crippen molar-refractivity contribution < 1.29 is 33.9 Å². The van der Waals surface area contributed by atoms with Gasteiger partial charge in [0.05, 0.1) is 25.5 Å². The molecule has 0 saturated carbocycles. The number of aliphatic hydroxyl groups excluding tert-OH is 2. The van der Waals surface area contributed by atoms with E-state index in [4.69, 9.17) is 9.79 Å². The largest absolute Gasteiger partial charge is 0.469 e. The third kappa shape index (κ3) is 11.5. The number of carbonyl (C=O) groups is 1. The number of phosphoric ester groups is 1. The second-order valence-electron chi connectivity index (χ2n) is 8.55. The number of hydrogen-bond donors (Lipinski definition) is 5. The number of nitrogens with one attached hydrogen (secondary N) is 1. The number of β-amino-alcohol motifs (C(OH)–C–C–N with tert-alkyl or cyclic N) is 2. The van der Waals surface area contributed by atoms with Crippen molar-refractivity contribution in [3.63, 3.8) is 0 Å². The van der Waals surface area contributed by atoms with Crippen LogP contribution in [0.15, 0.2) is 24.3 Å². The first-order valence-electron chi connectivity index (χ1n) is 11.1. The normalized spacial score (nSPS) is 19.0. The van der Waals surface area contributed by atoms with Gasteiger partial charge in [-0.1, -0.05) is 12.1 Å². The van der Waals surface area contributed by atoms with E-state index in [0.29, 0.717) is 25.2 Å². The SMILES string of the molecule is C[C@H](O)CN1CCN(Cc2ccc(C(=O)NCCOP(=O)(O)O)cc2)CN(C[C@H](C)O)CC1. The Morgan fingerprint density at radius 3 is 2.12 bits per heavy atom. The van der Waals surface area contributed by atoms with Crippen LogP contribution in [0.4, 0.5) is 0 Å². The van der Waals surface area contributed by atoms with Crippen molar-refractivity contribution in [2.24, 2.45) is 0 Å². The van der Waals surface area contributed by atoms with E-state index in [1.165, 1.54) is 0 Å². The zero-order chi connectivity index (χ0) is 24.4. The summed E-state index contributed by atoms with van der Waals surface area (Å²) in [4.78, 5) is 36.2. The average molecular weight is 489 g/mol. The van der Waals surface area contributed by atoms with Gasteiger partial charge in [0.15, 0.2) is 0 Å². The van der Waals surface area contributed by atoms with Crippen molar-refractivity contribution in [1.29, 1.82) is 0 Å². The number of amides is 1. The molecule has 0 unspecified atom stereocenters. The van der Waals surface area contributed by atoms with Crippen LogP contribution < -0.4 is 5.32 Å². The summed E-state index contributed by atoms with van der Waals surface area (Å²) in [5, 5.41) is 22.2. The lowest BCUT2D eigenvalue weighted by molar-refractivity contribution is 0.0323.